The lowest BCUT2D eigenvalue weighted by Gasteiger charge is -2.29. The molecule has 1 aromatic carbocycles. The number of carbonyl (C=O) groups is 2. The molecule has 4 rings (SSSR count). The molecule has 0 aliphatic carbocycles. The van der Waals surface area contributed by atoms with Gasteiger partial charge in [-0.25, -0.2) is 0 Å². The van der Waals surface area contributed by atoms with Gasteiger partial charge in [0.05, 0.1) is 26.4 Å². The molecule has 3 heterocycles. The van der Waals surface area contributed by atoms with Crippen LogP contribution in [-0.4, -0.2) is 73.0 Å². The molecular formula is C24H28N4O4S. The van der Waals surface area contributed by atoms with Gasteiger partial charge in [0.25, 0.3) is 11.8 Å². The Morgan fingerprint density at radius 1 is 1.12 bits per heavy atom. The van der Waals surface area contributed by atoms with Crippen molar-refractivity contribution in [3.63, 3.8) is 0 Å². The van der Waals surface area contributed by atoms with Crippen molar-refractivity contribution >= 4 is 40.9 Å². The van der Waals surface area contributed by atoms with E-state index in [9.17, 15) is 9.59 Å². The van der Waals surface area contributed by atoms with Gasteiger partial charge in [0, 0.05) is 43.0 Å². The first-order chi connectivity index (χ1) is 15.9. The van der Waals surface area contributed by atoms with E-state index >= 15 is 0 Å². The average Bonchev–Trinajstić information content (AvgIpc) is 3.10. The summed E-state index contributed by atoms with van der Waals surface area (Å²) >= 11 is 5.16. The maximum atomic E-state index is 13.0. The second-order valence-electron chi connectivity index (χ2n) is 8.04. The van der Waals surface area contributed by atoms with E-state index in [1.165, 1.54) is 10.6 Å². The van der Waals surface area contributed by atoms with Crippen molar-refractivity contribution in [1.82, 2.24) is 14.8 Å². The molecule has 0 atom stereocenters. The van der Waals surface area contributed by atoms with Gasteiger partial charge in [-0.15, -0.1) is 0 Å². The number of aromatic nitrogens is 1. The summed E-state index contributed by atoms with van der Waals surface area (Å²) in [5.74, 6) is -0.904. The van der Waals surface area contributed by atoms with Crippen LogP contribution in [0.25, 0.3) is 11.8 Å². The quantitative estimate of drug-likeness (QED) is 0.398. The molecule has 33 heavy (non-hydrogen) atoms. The number of benzene rings is 1. The molecule has 2 aromatic rings. The van der Waals surface area contributed by atoms with E-state index in [-0.39, 0.29) is 17.2 Å². The highest BCUT2D eigenvalue weighted by atomic mass is 32.1. The number of morpholine rings is 1. The van der Waals surface area contributed by atoms with Crippen molar-refractivity contribution in [1.29, 1.82) is 0 Å². The fourth-order valence-corrected chi connectivity index (χ4v) is 4.47. The zero-order valence-corrected chi connectivity index (χ0v) is 19.9. The Kier molecular flexibility index (Phi) is 6.92. The van der Waals surface area contributed by atoms with Crippen LogP contribution in [0.5, 0.6) is 0 Å². The van der Waals surface area contributed by atoms with Crippen LogP contribution in [0.2, 0.25) is 0 Å². The van der Waals surface area contributed by atoms with Crippen LogP contribution in [-0.2, 0) is 19.1 Å². The number of hydrogen-bond donors (Lipinski definition) is 1. The molecule has 0 spiro atoms. The van der Waals surface area contributed by atoms with Crippen molar-refractivity contribution in [3.8, 4) is 5.69 Å². The van der Waals surface area contributed by atoms with Crippen LogP contribution >= 0.6 is 12.2 Å². The van der Waals surface area contributed by atoms with Crippen molar-refractivity contribution < 1.29 is 19.1 Å². The van der Waals surface area contributed by atoms with E-state index < -0.39 is 11.8 Å². The second-order valence-corrected chi connectivity index (χ2v) is 8.43. The number of ether oxygens (including phenoxy) is 2. The zero-order chi connectivity index (χ0) is 23.5. The maximum absolute atomic E-state index is 13.0. The summed E-state index contributed by atoms with van der Waals surface area (Å²) in [5.41, 5.74) is 5.01. The number of hydrogen-bond acceptors (Lipinski definition) is 6. The molecule has 174 valence electrons. The number of methoxy groups -OCH3 is 1. The number of nitrogens with zero attached hydrogens (tertiary/aromatic N) is 3. The van der Waals surface area contributed by atoms with E-state index in [4.69, 9.17) is 21.7 Å². The van der Waals surface area contributed by atoms with Crippen LogP contribution in [0, 0.1) is 13.8 Å². The van der Waals surface area contributed by atoms with E-state index in [0.717, 1.165) is 48.9 Å². The zero-order valence-electron chi connectivity index (χ0n) is 19.1. The highest BCUT2D eigenvalue weighted by Gasteiger charge is 2.33. The summed E-state index contributed by atoms with van der Waals surface area (Å²) in [7, 11) is 1.55. The smallest absolute Gasteiger partial charge is 0.265 e. The van der Waals surface area contributed by atoms with Crippen LogP contribution in [0.3, 0.4) is 0 Å². The normalized spacial score (nSPS) is 18.3. The summed E-state index contributed by atoms with van der Waals surface area (Å²) in [6.07, 6.45) is 1.64. The van der Waals surface area contributed by atoms with Gasteiger partial charge in [-0.2, -0.15) is 0 Å². The third-order valence-corrected chi connectivity index (χ3v) is 6.28. The molecule has 0 bridgehead atoms. The van der Waals surface area contributed by atoms with Gasteiger partial charge in [0.2, 0.25) is 0 Å². The monoisotopic (exact) mass is 468 g/mol. The lowest BCUT2D eigenvalue weighted by Crippen LogP contribution is -2.54. The van der Waals surface area contributed by atoms with Crippen molar-refractivity contribution in [2.45, 2.75) is 13.8 Å². The van der Waals surface area contributed by atoms with E-state index in [2.05, 4.69) is 39.0 Å². The summed E-state index contributed by atoms with van der Waals surface area (Å²) < 4.78 is 12.6. The molecule has 2 aliphatic rings. The Labute approximate surface area is 198 Å². The van der Waals surface area contributed by atoms with Crippen LogP contribution in [0.4, 0.5) is 5.69 Å². The Bertz CT molecular complexity index is 1100. The number of carbonyl (C=O) groups excluding carboxylic acids is 2. The largest absolute Gasteiger partial charge is 0.383 e. The van der Waals surface area contributed by atoms with E-state index in [0.29, 0.717) is 6.61 Å². The lowest BCUT2D eigenvalue weighted by atomic mass is 10.1. The fraction of sp³-hybridized carbons (Fsp3) is 0.375. The molecule has 2 amide bonds. The molecule has 1 N–H and O–H groups in total. The fourth-order valence-electron chi connectivity index (χ4n) is 4.20. The predicted molar refractivity (Wildman–Crippen MR) is 131 cm³/mol. The second kappa shape index (κ2) is 9.86. The Morgan fingerprint density at radius 2 is 1.79 bits per heavy atom. The van der Waals surface area contributed by atoms with Gasteiger partial charge in [-0.1, -0.05) is 0 Å². The molecular weight excluding hydrogens is 440 g/mol. The SMILES string of the molecule is COCCN1C(=O)/C(=C/c2cc(C)n(-c3ccc(N4CCOCC4)cc3)c2C)C(=O)NC1=S. The number of aryl methyl sites for hydroxylation is 1. The highest BCUT2D eigenvalue weighted by molar-refractivity contribution is 7.80. The molecule has 2 aliphatic heterocycles. The average molecular weight is 469 g/mol. The molecule has 0 saturated carbocycles. The van der Waals surface area contributed by atoms with Gasteiger partial charge in [0.1, 0.15) is 5.57 Å². The van der Waals surface area contributed by atoms with Gasteiger partial charge in [-0.05, 0) is 68.0 Å². The summed E-state index contributed by atoms with van der Waals surface area (Å²) in [6.45, 7) is 7.86. The highest BCUT2D eigenvalue weighted by Crippen LogP contribution is 2.26. The van der Waals surface area contributed by atoms with Crippen LogP contribution in [0.15, 0.2) is 35.9 Å². The number of anilines is 1. The van der Waals surface area contributed by atoms with E-state index in [1.807, 2.05) is 19.9 Å². The minimum Gasteiger partial charge on any atom is -0.383 e. The first-order valence-corrected chi connectivity index (χ1v) is 11.3. The third-order valence-electron chi connectivity index (χ3n) is 5.96. The molecule has 2 fully saturated rings. The minimum absolute atomic E-state index is 0.0580. The van der Waals surface area contributed by atoms with Crippen LogP contribution < -0.4 is 10.2 Å². The molecule has 9 heteroatoms. The van der Waals surface area contributed by atoms with Gasteiger partial charge >= 0.3 is 0 Å². The topological polar surface area (TPSA) is 76.0 Å². The summed E-state index contributed by atoms with van der Waals surface area (Å²) in [6, 6.07) is 10.4. The molecule has 8 nitrogen and oxygen atoms in total. The van der Waals surface area contributed by atoms with Gasteiger partial charge in [-0.3, -0.25) is 19.8 Å². The van der Waals surface area contributed by atoms with Gasteiger partial charge in [0.15, 0.2) is 5.11 Å². The minimum atomic E-state index is -0.488. The number of rotatable bonds is 6. The Hall–Kier alpha value is -3.01. The van der Waals surface area contributed by atoms with Crippen molar-refractivity contribution in [2.75, 3.05) is 51.5 Å². The first kappa shape index (κ1) is 23.2. The number of thiocarbonyl (C=S) groups is 1. The van der Waals surface area contributed by atoms with Crippen molar-refractivity contribution in [2.24, 2.45) is 0 Å². The third kappa shape index (κ3) is 4.71. The standard InChI is InChI=1S/C24H28N4O4S/c1-16-14-18(15-21-22(29)25-24(33)27(23(21)30)10-11-31-3)17(2)28(16)20-6-4-19(5-7-20)26-8-12-32-13-9-26/h4-7,14-15H,8-13H2,1-3H3,(H,25,29,33)/b21-15+. The summed E-state index contributed by atoms with van der Waals surface area (Å²) in [4.78, 5) is 29.2. The molecule has 0 unspecified atom stereocenters. The predicted octanol–water partition coefficient (Wildman–Crippen LogP) is 2.20. The number of nitrogens with one attached hydrogen (secondary N) is 1. The van der Waals surface area contributed by atoms with Gasteiger partial charge < -0.3 is 18.9 Å². The molecule has 1 aromatic heterocycles. The Morgan fingerprint density at radius 3 is 2.45 bits per heavy atom. The molecule has 2 saturated heterocycles. The number of amides is 2. The van der Waals surface area contributed by atoms with E-state index in [1.54, 1.807) is 13.2 Å². The van der Waals surface area contributed by atoms with Crippen LogP contribution in [0.1, 0.15) is 17.0 Å². The first-order valence-electron chi connectivity index (χ1n) is 10.9. The lowest BCUT2D eigenvalue weighted by molar-refractivity contribution is -0.129. The Balaban J connectivity index is 1.62. The maximum Gasteiger partial charge on any atom is 0.265 e. The molecule has 0 radical (unpaired) electrons. The van der Waals surface area contributed by atoms with Crippen molar-refractivity contribution in [3.05, 3.63) is 52.9 Å². The summed E-state index contributed by atoms with van der Waals surface area (Å²) in [5, 5.41) is 2.70.